The number of fused-ring (bicyclic) bond motifs is 3. The van der Waals surface area contributed by atoms with Gasteiger partial charge in [0, 0.05) is 41.8 Å². The van der Waals surface area contributed by atoms with Gasteiger partial charge in [-0.3, -0.25) is 14.5 Å². The van der Waals surface area contributed by atoms with Crippen LogP contribution in [0.3, 0.4) is 0 Å². The fourth-order valence-electron chi connectivity index (χ4n) is 4.50. The number of benzene rings is 3. The summed E-state index contributed by atoms with van der Waals surface area (Å²) in [7, 11) is 3.52. The molecule has 4 aromatic rings. The van der Waals surface area contributed by atoms with Gasteiger partial charge in [0.15, 0.2) is 0 Å². The number of hydrogen-bond acceptors (Lipinski definition) is 4. The molecule has 1 atom stereocenters. The Bertz CT molecular complexity index is 1420. The van der Waals surface area contributed by atoms with E-state index in [1.807, 2.05) is 41.9 Å². The van der Waals surface area contributed by atoms with E-state index in [0.29, 0.717) is 11.4 Å². The molecule has 2 amide bonds. The predicted molar refractivity (Wildman–Crippen MR) is 135 cm³/mol. The first-order chi connectivity index (χ1) is 17.0. The van der Waals surface area contributed by atoms with Crippen molar-refractivity contribution < 1.29 is 18.7 Å². The Hall–Kier alpha value is -3.78. The molecule has 35 heavy (non-hydrogen) atoms. The van der Waals surface area contributed by atoms with Crippen molar-refractivity contribution in [1.82, 2.24) is 9.88 Å². The van der Waals surface area contributed by atoms with Crippen molar-refractivity contribution in [2.24, 2.45) is 7.05 Å². The number of thioether (sulfide) groups is 1. The molecule has 178 valence electrons. The average molecular weight is 490 g/mol. The molecule has 0 aliphatic carbocycles. The van der Waals surface area contributed by atoms with E-state index < -0.39 is 6.04 Å². The second-order valence-corrected chi connectivity index (χ2v) is 9.26. The molecule has 1 aromatic heterocycles. The molecule has 0 fully saturated rings. The Morgan fingerprint density at radius 1 is 1.11 bits per heavy atom. The molecule has 6 nitrogen and oxygen atoms in total. The number of aromatic nitrogens is 1. The van der Waals surface area contributed by atoms with E-state index in [2.05, 4.69) is 5.32 Å². The molecule has 2 heterocycles. The van der Waals surface area contributed by atoms with Crippen LogP contribution in [0.25, 0.3) is 10.9 Å². The maximum Gasteiger partial charge on any atom is 0.248 e. The molecule has 3 aromatic carbocycles. The van der Waals surface area contributed by atoms with Crippen LogP contribution in [0.1, 0.15) is 17.2 Å². The quantitative estimate of drug-likeness (QED) is 0.437. The highest BCUT2D eigenvalue weighted by Crippen LogP contribution is 2.43. The number of halogens is 1. The zero-order chi connectivity index (χ0) is 24.5. The van der Waals surface area contributed by atoms with Crippen LogP contribution in [0.15, 0.2) is 77.8 Å². The molecule has 1 N–H and O–H groups in total. The molecular weight excluding hydrogens is 465 g/mol. The van der Waals surface area contributed by atoms with Gasteiger partial charge < -0.3 is 14.6 Å². The summed E-state index contributed by atoms with van der Waals surface area (Å²) < 4.78 is 20.8. The fourth-order valence-corrected chi connectivity index (χ4v) is 5.57. The third kappa shape index (κ3) is 4.25. The Balaban J connectivity index is 1.64. The van der Waals surface area contributed by atoms with Crippen molar-refractivity contribution in [1.29, 1.82) is 0 Å². The second kappa shape index (κ2) is 9.46. The normalized spacial score (nSPS) is 15.6. The SMILES string of the molecule is COc1cccc(N2C(=O)CSc3c(c4ccccc4n3C)C2C(=O)NCc2ccc(F)cc2)c1. The largest absolute Gasteiger partial charge is 0.497 e. The van der Waals surface area contributed by atoms with Gasteiger partial charge in [0.05, 0.1) is 17.9 Å². The number of rotatable bonds is 5. The predicted octanol–water partition coefficient (Wildman–Crippen LogP) is 4.82. The van der Waals surface area contributed by atoms with Gasteiger partial charge in [-0.25, -0.2) is 4.39 Å². The van der Waals surface area contributed by atoms with Crippen molar-refractivity contribution >= 4 is 40.2 Å². The Labute approximate surface area is 206 Å². The number of carbonyl (C=O) groups excluding carboxylic acids is 2. The molecule has 8 heteroatoms. The van der Waals surface area contributed by atoms with E-state index in [-0.39, 0.29) is 29.9 Å². The summed E-state index contributed by atoms with van der Waals surface area (Å²) in [6.45, 7) is 0.211. The first-order valence-electron chi connectivity index (χ1n) is 11.2. The number of nitrogens with one attached hydrogen (secondary N) is 1. The second-order valence-electron chi connectivity index (χ2n) is 8.30. The van der Waals surface area contributed by atoms with Crippen LogP contribution in [0.4, 0.5) is 10.1 Å². The molecule has 0 radical (unpaired) electrons. The number of aryl methyl sites for hydroxylation is 1. The molecule has 5 rings (SSSR count). The molecule has 0 saturated carbocycles. The lowest BCUT2D eigenvalue weighted by atomic mass is 10.0. The number of ether oxygens (including phenoxy) is 1. The maximum absolute atomic E-state index is 13.9. The molecule has 0 bridgehead atoms. The first kappa shape index (κ1) is 23.0. The number of methoxy groups -OCH3 is 1. The van der Waals surface area contributed by atoms with Gasteiger partial charge in [0.1, 0.15) is 17.6 Å². The highest BCUT2D eigenvalue weighted by Gasteiger charge is 2.39. The lowest BCUT2D eigenvalue weighted by molar-refractivity contribution is -0.125. The van der Waals surface area contributed by atoms with Crippen molar-refractivity contribution in [3.8, 4) is 5.75 Å². The van der Waals surface area contributed by atoms with Crippen molar-refractivity contribution in [2.75, 3.05) is 17.8 Å². The van der Waals surface area contributed by atoms with Crippen LogP contribution in [0, 0.1) is 5.82 Å². The van der Waals surface area contributed by atoms with Crippen LogP contribution in [0.5, 0.6) is 5.75 Å². The average Bonchev–Trinajstić information content (AvgIpc) is 3.05. The molecule has 0 saturated heterocycles. The molecule has 1 aliphatic heterocycles. The third-order valence-corrected chi connectivity index (χ3v) is 7.34. The minimum atomic E-state index is -0.897. The van der Waals surface area contributed by atoms with Crippen molar-refractivity contribution in [3.05, 3.63) is 89.7 Å². The van der Waals surface area contributed by atoms with Gasteiger partial charge in [0.25, 0.3) is 0 Å². The molecule has 0 spiro atoms. The van der Waals surface area contributed by atoms with Gasteiger partial charge in [-0.05, 0) is 35.9 Å². The highest BCUT2D eigenvalue weighted by atomic mass is 32.2. The number of nitrogens with zero attached hydrogens (tertiary/aromatic N) is 2. The van der Waals surface area contributed by atoms with Crippen molar-refractivity contribution in [3.63, 3.8) is 0 Å². The Kier molecular flexibility index (Phi) is 6.21. The van der Waals surface area contributed by atoms with Gasteiger partial charge >= 0.3 is 0 Å². The number of carbonyl (C=O) groups is 2. The lowest BCUT2D eigenvalue weighted by Crippen LogP contribution is -2.43. The van der Waals surface area contributed by atoms with E-state index in [4.69, 9.17) is 4.74 Å². The number of hydrogen-bond donors (Lipinski definition) is 1. The van der Waals surface area contributed by atoms with E-state index in [1.165, 1.54) is 23.9 Å². The van der Waals surface area contributed by atoms with Crippen LogP contribution in [0.2, 0.25) is 0 Å². The number of amides is 2. The minimum absolute atomic E-state index is 0.175. The van der Waals surface area contributed by atoms with Crippen LogP contribution < -0.4 is 15.0 Å². The van der Waals surface area contributed by atoms with E-state index in [1.54, 1.807) is 42.3 Å². The topological polar surface area (TPSA) is 63.6 Å². The standard InChI is InChI=1S/C27H24FN3O3S/c1-30-22-9-4-3-8-21(22)24-25(26(33)29-15-17-10-12-18(28)13-11-17)31(23(32)16-35-27(24)30)19-6-5-7-20(14-19)34-2/h3-14,25H,15-16H2,1-2H3,(H,29,33). The van der Waals surface area contributed by atoms with Crippen LogP contribution in [-0.4, -0.2) is 29.2 Å². The van der Waals surface area contributed by atoms with Crippen LogP contribution >= 0.6 is 11.8 Å². The highest BCUT2D eigenvalue weighted by molar-refractivity contribution is 8.00. The summed E-state index contributed by atoms with van der Waals surface area (Å²) >= 11 is 1.43. The fraction of sp³-hybridized carbons (Fsp3) is 0.185. The summed E-state index contributed by atoms with van der Waals surface area (Å²) in [5.41, 5.74) is 3.12. The maximum atomic E-state index is 13.9. The Morgan fingerprint density at radius 2 is 1.89 bits per heavy atom. The van der Waals surface area contributed by atoms with E-state index in [9.17, 15) is 14.0 Å². The van der Waals surface area contributed by atoms with Gasteiger partial charge in [0.2, 0.25) is 11.8 Å². The number of anilines is 1. The summed E-state index contributed by atoms with van der Waals surface area (Å²) in [4.78, 5) is 28.9. The smallest absolute Gasteiger partial charge is 0.248 e. The van der Waals surface area contributed by atoms with Gasteiger partial charge in [-0.1, -0.05) is 48.2 Å². The lowest BCUT2D eigenvalue weighted by Gasteiger charge is -2.30. The summed E-state index contributed by atoms with van der Waals surface area (Å²) in [5, 5.41) is 4.77. The van der Waals surface area contributed by atoms with Gasteiger partial charge in [-0.15, -0.1) is 0 Å². The van der Waals surface area contributed by atoms with Crippen LogP contribution in [-0.2, 0) is 23.2 Å². The summed E-state index contributed by atoms with van der Waals surface area (Å²) in [6, 6.07) is 20.1. The molecular formula is C27H24FN3O3S. The monoisotopic (exact) mass is 489 g/mol. The minimum Gasteiger partial charge on any atom is -0.497 e. The van der Waals surface area contributed by atoms with E-state index in [0.717, 1.165) is 27.1 Å². The van der Waals surface area contributed by atoms with E-state index >= 15 is 0 Å². The zero-order valence-corrected chi connectivity index (χ0v) is 20.1. The Morgan fingerprint density at radius 3 is 2.66 bits per heavy atom. The zero-order valence-electron chi connectivity index (χ0n) is 19.3. The summed E-state index contributed by atoms with van der Waals surface area (Å²) in [5.74, 6) is -0.0428. The van der Waals surface area contributed by atoms with Crippen molar-refractivity contribution in [2.45, 2.75) is 17.6 Å². The number of para-hydroxylation sites is 1. The third-order valence-electron chi connectivity index (χ3n) is 6.18. The molecule has 1 aliphatic rings. The van der Waals surface area contributed by atoms with Gasteiger partial charge in [-0.2, -0.15) is 0 Å². The summed E-state index contributed by atoms with van der Waals surface area (Å²) in [6.07, 6.45) is 0. The molecule has 1 unspecified atom stereocenters. The first-order valence-corrected chi connectivity index (χ1v) is 12.1.